The minimum absolute atomic E-state index is 0.485. The van der Waals surface area contributed by atoms with Gasteiger partial charge in [-0.15, -0.1) is 0 Å². The molecule has 0 radical (unpaired) electrons. The van der Waals surface area contributed by atoms with Crippen LogP contribution in [0.25, 0.3) is 0 Å². The number of alkyl halides is 2. The van der Waals surface area contributed by atoms with E-state index in [-0.39, 0.29) is 0 Å². The molecule has 0 saturated carbocycles. The third kappa shape index (κ3) is 1.68. The number of aromatic nitrogens is 1. The van der Waals surface area contributed by atoms with Gasteiger partial charge in [0.05, 0.1) is 10.6 Å². The molecular formula is C7H3ClF2N2O. The molecule has 0 amide bonds. The average molecular weight is 205 g/mol. The van der Waals surface area contributed by atoms with Crippen LogP contribution in [0.1, 0.15) is 17.6 Å². The Balaban J connectivity index is 3.47. The maximum atomic E-state index is 12.2. The van der Waals surface area contributed by atoms with Crippen molar-refractivity contribution in [2.24, 2.45) is 0 Å². The number of halogens is 3. The zero-order valence-corrected chi connectivity index (χ0v) is 6.90. The van der Waals surface area contributed by atoms with Crippen LogP contribution in [-0.4, -0.2) is 4.98 Å². The smallest absolute Gasteiger partial charge is 0.267 e. The van der Waals surface area contributed by atoms with Crippen LogP contribution in [0.15, 0.2) is 11.0 Å². The van der Waals surface area contributed by atoms with Crippen LogP contribution in [-0.2, 0) is 0 Å². The molecule has 0 spiro atoms. The Kier molecular flexibility index (Phi) is 2.63. The summed E-state index contributed by atoms with van der Waals surface area (Å²) in [5.41, 5.74) is -1.80. The zero-order valence-electron chi connectivity index (χ0n) is 6.14. The summed E-state index contributed by atoms with van der Waals surface area (Å²) in [7, 11) is 0. The second kappa shape index (κ2) is 3.54. The number of hydrogen-bond acceptors (Lipinski definition) is 2. The van der Waals surface area contributed by atoms with Crippen LogP contribution in [0.2, 0.25) is 5.02 Å². The average Bonchev–Trinajstić information content (AvgIpc) is 2.04. The van der Waals surface area contributed by atoms with E-state index in [1.54, 1.807) is 0 Å². The molecule has 0 aliphatic rings. The van der Waals surface area contributed by atoms with Gasteiger partial charge in [0.15, 0.2) is 0 Å². The first-order valence-corrected chi connectivity index (χ1v) is 3.55. The third-order valence-corrected chi connectivity index (χ3v) is 1.81. The van der Waals surface area contributed by atoms with E-state index in [1.807, 2.05) is 4.98 Å². The number of H-pyrrole nitrogens is 1. The van der Waals surface area contributed by atoms with Gasteiger partial charge in [-0.25, -0.2) is 8.78 Å². The molecule has 13 heavy (non-hydrogen) atoms. The van der Waals surface area contributed by atoms with Crippen LogP contribution < -0.4 is 5.56 Å². The maximum Gasteiger partial charge on any atom is 0.267 e. The normalized spacial score (nSPS) is 10.1. The molecule has 0 atom stereocenters. The van der Waals surface area contributed by atoms with Gasteiger partial charge in [0.25, 0.3) is 12.0 Å². The minimum Gasteiger partial charge on any atom is -0.327 e. The van der Waals surface area contributed by atoms with Gasteiger partial charge in [-0.3, -0.25) is 4.79 Å². The van der Waals surface area contributed by atoms with Crippen molar-refractivity contribution < 1.29 is 8.78 Å². The van der Waals surface area contributed by atoms with Crippen molar-refractivity contribution in [2.45, 2.75) is 6.43 Å². The minimum atomic E-state index is -2.81. The third-order valence-electron chi connectivity index (χ3n) is 1.41. The van der Waals surface area contributed by atoms with Crippen molar-refractivity contribution in [1.82, 2.24) is 4.98 Å². The van der Waals surface area contributed by atoms with Gasteiger partial charge in [0.1, 0.15) is 11.6 Å². The van der Waals surface area contributed by atoms with Crippen molar-refractivity contribution >= 4 is 11.6 Å². The molecule has 68 valence electrons. The van der Waals surface area contributed by atoms with E-state index in [0.29, 0.717) is 0 Å². The quantitative estimate of drug-likeness (QED) is 0.759. The second-order valence-corrected chi connectivity index (χ2v) is 2.55. The van der Waals surface area contributed by atoms with Gasteiger partial charge < -0.3 is 4.98 Å². The highest BCUT2D eigenvalue weighted by atomic mass is 35.5. The van der Waals surface area contributed by atoms with Crippen LogP contribution in [0, 0.1) is 11.3 Å². The molecule has 6 heteroatoms. The monoisotopic (exact) mass is 204 g/mol. The predicted molar refractivity (Wildman–Crippen MR) is 41.7 cm³/mol. The maximum absolute atomic E-state index is 12.2. The number of pyridine rings is 1. The summed E-state index contributed by atoms with van der Waals surface area (Å²) in [4.78, 5) is 12.8. The Hall–Kier alpha value is -1.41. The summed E-state index contributed by atoms with van der Waals surface area (Å²) in [6, 6.07) is 1.45. The number of hydrogen-bond donors (Lipinski definition) is 1. The lowest BCUT2D eigenvalue weighted by Crippen LogP contribution is -2.11. The van der Waals surface area contributed by atoms with E-state index in [2.05, 4.69) is 0 Å². The van der Waals surface area contributed by atoms with Crippen LogP contribution in [0.5, 0.6) is 0 Å². The van der Waals surface area contributed by atoms with Gasteiger partial charge in [-0.1, -0.05) is 11.6 Å². The molecule has 3 nitrogen and oxygen atoms in total. The van der Waals surface area contributed by atoms with E-state index in [1.165, 1.54) is 6.07 Å². The van der Waals surface area contributed by atoms with E-state index in [4.69, 9.17) is 16.9 Å². The van der Waals surface area contributed by atoms with Crippen molar-refractivity contribution in [3.8, 4) is 6.07 Å². The Morgan fingerprint density at radius 2 is 2.23 bits per heavy atom. The summed E-state index contributed by atoms with van der Waals surface area (Å²) in [6.07, 6.45) is -2.01. The number of rotatable bonds is 1. The Labute approximate surface area is 76.6 Å². The first kappa shape index (κ1) is 9.68. The summed E-state index contributed by atoms with van der Waals surface area (Å²) in [5.74, 6) is 0. The molecule has 0 unspecified atom stereocenters. The summed E-state index contributed by atoms with van der Waals surface area (Å²) in [6.45, 7) is 0. The van der Waals surface area contributed by atoms with Gasteiger partial charge in [0.2, 0.25) is 0 Å². The Morgan fingerprint density at radius 3 is 2.69 bits per heavy atom. The largest absolute Gasteiger partial charge is 0.327 e. The fourth-order valence-electron chi connectivity index (χ4n) is 0.781. The van der Waals surface area contributed by atoms with E-state index in [0.717, 1.165) is 6.20 Å². The van der Waals surface area contributed by atoms with Gasteiger partial charge in [-0.2, -0.15) is 5.26 Å². The lowest BCUT2D eigenvalue weighted by molar-refractivity contribution is 0.151. The number of nitrogens with one attached hydrogen (secondary N) is 1. The van der Waals surface area contributed by atoms with Crippen molar-refractivity contribution in [2.75, 3.05) is 0 Å². The fraction of sp³-hybridized carbons (Fsp3) is 0.143. The van der Waals surface area contributed by atoms with Crippen LogP contribution in [0.4, 0.5) is 8.78 Å². The molecule has 0 saturated heterocycles. The highest BCUT2D eigenvalue weighted by Gasteiger charge is 2.16. The Morgan fingerprint density at radius 1 is 1.62 bits per heavy atom. The highest BCUT2D eigenvalue weighted by Crippen LogP contribution is 2.26. The van der Waals surface area contributed by atoms with E-state index in [9.17, 15) is 13.6 Å². The van der Waals surface area contributed by atoms with Gasteiger partial charge in [0, 0.05) is 6.20 Å². The van der Waals surface area contributed by atoms with E-state index >= 15 is 0 Å². The molecule has 1 heterocycles. The van der Waals surface area contributed by atoms with Crippen molar-refractivity contribution in [3.05, 3.63) is 32.7 Å². The molecule has 1 aromatic heterocycles. The SMILES string of the molecule is N#Cc1c(Cl)c(C(F)F)c[nH]c1=O. The molecule has 0 aromatic carbocycles. The number of nitrogens with zero attached hydrogens (tertiary/aromatic N) is 1. The van der Waals surface area contributed by atoms with Gasteiger partial charge >= 0.3 is 0 Å². The first-order valence-electron chi connectivity index (χ1n) is 3.17. The van der Waals surface area contributed by atoms with Gasteiger partial charge in [-0.05, 0) is 0 Å². The first-order chi connectivity index (χ1) is 6.07. The number of aromatic amines is 1. The molecule has 0 aliphatic carbocycles. The lowest BCUT2D eigenvalue weighted by Gasteiger charge is -2.01. The summed E-state index contributed by atoms with van der Waals surface area (Å²) < 4.78 is 24.3. The molecule has 0 aliphatic heterocycles. The summed E-state index contributed by atoms with van der Waals surface area (Å²) in [5, 5.41) is 7.92. The molecule has 0 fully saturated rings. The molecule has 1 rings (SSSR count). The summed E-state index contributed by atoms with van der Waals surface area (Å²) >= 11 is 5.39. The fourth-order valence-corrected chi connectivity index (χ4v) is 1.05. The molecular weight excluding hydrogens is 202 g/mol. The van der Waals surface area contributed by atoms with Crippen LogP contribution in [0.3, 0.4) is 0 Å². The molecule has 1 N–H and O–H groups in total. The van der Waals surface area contributed by atoms with E-state index < -0.39 is 28.1 Å². The molecule has 1 aromatic rings. The topological polar surface area (TPSA) is 56.6 Å². The second-order valence-electron chi connectivity index (χ2n) is 2.17. The molecule has 0 bridgehead atoms. The van der Waals surface area contributed by atoms with Crippen molar-refractivity contribution in [1.29, 1.82) is 5.26 Å². The van der Waals surface area contributed by atoms with Crippen molar-refractivity contribution in [3.63, 3.8) is 0 Å². The van der Waals surface area contributed by atoms with Crippen LogP contribution >= 0.6 is 11.6 Å². The zero-order chi connectivity index (χ0) is 10.0. The number of nitriles is 1. The Bertz CT molecular complexity index is 421. The highest BCUT2D eigenvalue weighted by molar-refractivity contribution is 6.32. The lowest BCUT2D eigenvalue weighted by atomic mass is 10.2. The standard InChI is InChI=1S/C7H3ClF2N2O/c8-5-3(1-11)7(13)12-2-4(5)6(9)10/h2,6H,(H,12,13). The predicted octanol–water partition coefficient (Wildman–Crippen LogP) is 1.84.